The quantitative estimate of drug-likeness (QED) is 0.202. The van der Waals surface area contributed by atoms with Crippen LogP contribution in [0.5, 0.6) is 0 Å². The SMILES string of the molecule is Cc1ccc2c(c1)c1c(n2C)-c2ccc[c-]c2C1.Cc1ccc2c(c1)c1c(n2C)-c2ccc[c-]c2C1.[C-]1=CC=CC1.[C-]1=CC=CC1.[Cl-].[Cl-].[Zr+2].[Zr+2]. The molecular formula is C44H38Cl2N2Zr2-2. The standard InChI is InChI=1S/2C17H14N.2C5H5.2ClH.2Zr/c2*1-11-7-8-16-14(9-11)15-10-12-5-3-4-6-13(12)17(15)18(16)2;2*1-2-4-5-3-1;;;;/h2*3-4,6-9H,10H2,1-2H3;2*1-3H,4H2;2*1H;;/q4*-1;;;2*+2/p-2. The van der Waals surface area contributed by atoms with E-state index < -0.39 is 0 Å². The normalized spacial score (nSPS) is 12.7. The summed E-state index contributed by atoms with van der Waals surface area (Å²) in [6.45, 7) is 4.32. The Balaban J connectivity index is 0.000000200. The fraction of sp³-hybridized carbons (Fsp3) is 0.182. The third kappa shape index (κ3) is 8.32. The van der Waals surface area contributed by atoms with Crippen LogP contribution in [0.1, 0.15) is 46.2 Å². The summed E-state index contributed by atoms with van der Waals surface area (Å²) in [5, 5.41) is 2.80. The van der Waals surface area contributed by atoms with E-state index in [1.807, 2.05) is 36.4 Å². The average Bonchev–Trinajstić information content (AvgIpc) is 3.93. The maximum Gasteiger partial charge on any atom is 2.00 e. The molecule has 0 saturated carbocycles. The number of aryl methyl sites for hydroxylation is 4. The minimum absolute atomic E-state index is 0. The molecule has 0 atom stereocenters. The number of halogens is 2. The minimum Gasteiger partial charge on any atom is -1.00 e. The van der Waals surface area contributed by atoms with Crippen molar-refractivity contribution in [3.05, 3.63) is 167 Å². The smallest absolute Gasteiger partial charge is 1.00 e. The third-order valence-corrected chi connectivity index (χ3v) is 9.19. The van der Waals surface area contributed by atoms with Crippen molar-refractivity contribution in [3.63, 3.8) is 0 Å². The van der Waals surface area contributed by atoms with Crippen LogP contribution in [0.25, 0.3) is 44.3 Å². The van der Waals surface area contributed by atoms with Crippen LogP contribution in [0.15, 0.2) is 109 Å². The predicted molar refractivity (Wildman–Crippen MR) is 193 cm³/mol. The maximum atomic E-state index is 3.38. The molecule has 4 aromatic carbocycles. The number of fused-ring (bicyclic) bond motifs is 10. The summed E-state index contributed by atoms with van der Waals surface area (Å²) in [7, 11) is 4.33. The van der Waals surface area contributed by atoms with Crippen molar-refractivity contribution < 1.29 is 77.2 Å². The van der Waals surface area contributed by atoms with Crippen LogP contribution >= 0.6 is 0 Å². The molecule has 4 aliphatic carbocycles. The molecule has 0 unspecified atom stereocenters. The number of allylic oxidation sites excluding steroid dienone is 8. The molecular weight excluding hydrogens is 810 g/mol. The number of hydrogen-bond acceptors (Lipinski definition) is 0. The summed E-state index contributed by atoms with van der Waals surface area (Å²) in [5.41, 5.74) is 16.4. The summed E-state index contributed by atoms with van der Waals surface area (Å²) in [6, 6.07) is 32.8. The fourth-order valence-corrected chi connectivity index (χ4v) is 7.03. The Labute approximate surface area is 348 Å². The van der Waals surface area contributed by atoms with Crippen molar-refractivity contribution in [1.82, 2.24) is 9.13 Å². The van der Waals surface area contributed by atoms with Gasteiger partial charge in [-0.1, -0.05) is 23.3 Å². The van der Waals surface area contributed by atoms with Crippen molar-refractivity contribution in [3.8, 4) is 22.5 Å². The first-order chi connectivity index (χ1) is 22.5. The van der Waals surface area contributed by atoms with Crippen LogP contribution in [0.4, 0.5) is 0 Å². The molecule has 2 aromatic heterocycles. The molecule has 4 aliphatic rings. The monoisotopic (exact) mass is 844 g/mol. The molecule has 0 bridgehead atoms. The van der Waals surface area contributed by atoms with Crippen LogP contribution in [-0.2, 0) is 79.3 Å². The average molecular weight is 848 g/mol. The summed E-state index contributed by atoms with van der Waals surface area (Å²) in [6.07, 6.45) is 22.0. The molecule has 0 radical (unpaired) electrons. The molecule has 0 fully saturated rings. The van der Waals surface area contributed by atoms with E-state index in [9.17, 15) is 0 Å². The summed E-state index contributed by atoms with van der Waals surface area (Å²) >= 11 is 0. The Bertz CT molecular complexity index is 2040. The zero-order valence-electron chi connectivity index (χ0n) is 28.9. The van der Waals surface area contributed by atoms with E-state index in [1.54, 1.807) is 0 Å². The largest absolute Gasteiger partial charge is 2.00 e. The van der Waals surface area contributed by atoms with Crippen molar-refractivity contribution in [2.24, 2.45) is 14.1 Å². The van der Waals surface area contributed by atoms with Crippen LogP contribution in [0, 0.1) is 38.1 Å². The molecule has 10 rings (SSSR count). The first-order valence-corrected chi connectivity index (χ1v) is 16.1. The first-order valence-electron chi connectivity index (χ1n) is 16.1. The molecule has 50 heavy (non-hydrogen) atoms. The van der Waals surface area contributed by atoms with E-state index in [2.05, 4.69) is 134 Å². The summed E-state index contributed by atoms with van der Waals surface area (Å²) in [5.74, 6) is 0. The van der Waals surface area contributed by atoms with Gasteiger partial charge in [0.25, 0.3) is 0 Å². The van der Waals surface area contributed by atoms with Gasteiger partial charge in [-0.25, -0.2) is 24.3 Å². The van der Waals surface area contributed by atoms with E-state index >= 15 is 0 Å². The number of nitrogens with zero attached hydrogens (tertiary/aromatic N) is 2. The van der Waals surface area contributed by atoms with Gasteiger partial charge in [0, 0.05) is 35.9 Å². The van der Waals surface area contributed by atoms with E-state index in [4.69, 9.17) is 0 Å². The van der Waals surface area contributed by atoms with Crippen molar-refractivity contribution in [2.45, 2.75) is 39.5 Å². The Morgan fingerprint density at radius 3 is 1.34 bits per heavy atom. The summed E-state index contributed by atoms with van der Waals surface area (Å²) < 4.78 is 4.65. The first kappa shape index (κ1) is 41.7. The van der Waals surface area contributed by atoms with Gasteiger partial charge in [0.05, 0.1) is 0 Å². The molecule has 2 heterocycles. The van der Waals surface area contributed by atoms with Crippen LogP contribution in [0.3, 0.4) is 0 Å². The molecule has 0 amide bonds. The molecule has 6 aromatic rings. The zero-order chi connectivity index (χ0) is 31.6. The Hall–Kier alpha value is -2.73. The number of rotatable bonds is 0. The Morgan fingerprint density at radius 2 is 1.00 bits per heavy atom. The van der Waals surface area contributed by atoms with Gasteiger partial charge in [0.1, 0.15) is 0 Å². The zero-order valence-corrected chi connectivity index (χ0v) is 35.3. The topological polar surface area (TPSA) is 9.86 Å². The molecule has 2 nitrogen and oxygen atoms in total. The number of aromatic nitrogens is 2. The Morgan fingerprint density at radius 1 is 0.580 bits per heavy atom. The second-order valence-corrected chi connectivity index (χ2v) is 12.3. The van der Waals surface area contributed by atoms with Crippen molar-refractivity contribution in [2.75, 3.05) is 0 Å². The van der Waals surface area contributed by atoms with Gasteiger partial charge in [-0.2, -0.15) is 60.7 Å². The second-order valence-electron chi connectivity index (χ2n) is 12.3. The number of hydrogen-bond donors (Lipinski definition) is 0. The molecule has 0 aliphatic heterocycles. The van der Waals surface area contributed by atoms with E-state index in [1.165, 1.54) is 77.7 Å². The molecule has 0 N–H and O–H groups in total. The number of benzene rings is 4. The molecule has 0 spiro atoms. The molecule has 0 saturated heterocycles. The van der Waals surface area contributed by atoms with E-state index in [-0.39, 0.29) is 77.2 Å². The Kier molecular flexibility index (Phi) is 15.6. The second kappa shape index (κ2) is 18.7. The van der Waals surface area contributed by atoms with Crippen LogP contribution in [-0.4, -0.2) is 9.13 Å². The van der Waals surface area contributed by atoms with Crippen LogP contribution < -0.4 is 24.8 Å². The molecule has 248 valence electrons. The van der Waals surface area contributed by atoms with Crippen LogP contribution in [0.2, 0.25) is 0 Å². The van der Waals surface area contributed by atoms with E-state index in [0.29, 0.717) is 0 Å². The van der Waals surface area contributed by atoms with Crippen molar-refractivity contribution in [1.29, 1.82) is 0 Å². The van der Waals surface area contributed by atoms with Gasteiger partial charge in [-0.3, -0.25) is 12.2 Å². The summed E-state index contributed by atoms with van der Waals surface area (Å²) in [4.78, 5) is 0. The predicted octanol–water partition coefficient (Wildman–Crippen LogP) is 4.33. The van der Waals surface area contributed by atoms with Gasteiger partial charge in [-0.15, -0.1) is 35.1 Å². The van der Waals surface area contributed by atoms with Crippen molar-refractivity contribution >= 4 is 21.8 Å². The van der Waals surface area contributed by atoms with Gasteiger partial charge >= 0.3 is 52.4 Å². The third-order valence-electron chi connectivity index (χ3n) is 9.19. The van der Waals surface area contributed by atoms with Gasteiger partial charge in [0.15, 0.2) is 0 Å². The van der Waals surface area contributed by atoms with Gasteiger partial charge in [-0.05, 0) is 73.5 Å². The fourth-order valence-electron chi connectivity index (χ4n) is 7.03. The maximum absolute atomic E-state index is 3.38. The molecule has 6 heteroatoms. The van der Waals surface area contributed by atoms with Gasteiger partial charge in [0.2, 0.25) is 0 Å². The van der Waals surface area contributed by atoms with Gasteiger partial charge < -0.3 is 33.9 Å². The van der Waals surface area contributed by atoms with E-state index in [0.717, 1.165) is 25.7 Å². The minimum atomic E-state index is 0.